The van der Waals surface area contributed by atoms with Crippen LogP contribution in [0, 0.1) is 11.7 Å². The average molecular weight is 475 g/mol. The quantitative estimate of drug-likeness (QED) is 0.667. The first-order valence-corrected chi connectivity index (χ1v) is 12.5. The number of nitrogens with zero attached hydrogens (tertiary/aromatic N) is 2. The summed E-state index contributed by atoms with van der Waals surface area (Å²) >= 11 is 1.19. The van der Waals surface area contributed by atoms with E-state index in [1.807, 2.05) is 0 Å². The number of halogens is 1. The number of benzene rings is 1. The summed E-state index contributed by atoms with van der Waals surface area (Å²) in [7, 11) is 1.54. The number of anilines is 2. The Labute approximate surface area is 197 Å². The average Bonchev–Trinajstić information content (AvgIpc) is 3.39. The van der Waals surface area contributed by atoms with Gasteiger partial charge in [-0.2, -0.15) is 0 Å². The molecule has 33 heavy (non-hydrogen) atoms. The van der Waals surface area contributed by atoms with E-state index in [-0.39, 0.29) is 17.2 Å². The summed E-state index contributed by atoms with van der Waals surface area (Å²) in [5, 5.41) is 4.22. The number of aromatic nitrogens is 1. The molecule has 5 rings (SSSR count). The van der Waals surface area contributed by atoms with E-state index in [2.05, 4.69) is 40.3 Å². The maximum absolute atomic E-state index is 15.6. The van der Waals surface area contributed by atoms with Gasteiger partial charge >= 0.3 is 0 Å². The summed E-state index contributed by atoms with van der Waals surface area (Å²) in [6.07, 6.45) is 2.99. The highest BCUT2D eigenvalue weighted by Crippen LogP contribution is 2.46. The fourth-order valence-corrected chi connectivity index (χ4v) is 6.25. The molecule has 2 N–H and O–H groups in total. The van der Waals surface area contributed by atoms with Gasteiger partial charge in [0.1, 0.15) is 16.3 Å². The van der Waals surface area contributed by atoms with E-state index in [0.29, 0.717) is 46.5 Å². The minimum atomic E-state index is -0.475. The zero-order valence-corrected chi connectivity index (χ0v) is 20.4. The topological polar surface area (TPSA) is 77.7 Å². The Morgan fingerprint density at radius 2 is 2.00 bits per heavy atom. The summed E-state index contributed by atoms with van der Waals surface area (Å²) in [6.45, 7) is 8.32. The van der Waals surface area contributed by atoms with Gasteiger partial charge in [-0.25, -0.2) is 4.39 Å². The minimum Gasteiger partial charge on any atom is -0.494 e. The van der Waals surface area contributed by atoms with Crippen LogP contribution in [0.1, 0.15) is 61.5 Å². The standard InChI is InChI=1S/C24H31FN4O3S/c1-12(2)26-13(3)14-7-8-28(10-14)20-18(25)9-16-17(22(20)32-4)11-29(15-5-6-15)24-19(21(16)30)23(31)27-33-24/h9,12-15,26H,5-8,10-11H2,1-4H3,(H,27,31). The van der Waals surface area contributed by atoms with E-state index in [4.69, 9.17) is 4.74 Å². The second-order valence-corrected chi connectivity index (χ2v) is 10.6. The summed E-state index contributed by atoms with van der Waals surface area (Å²) in [6, 6.07) is 2.30. The van der Waals surface area contributed by atoms with Crippen LogP contribution in [-0.4, -0.2) is 48.5 Å². The normalized spacial score (nSPS) is 21.3. The second-order valence-electron chi connectivity index (χ2n) is 9.77. The van der Waals surface area contributed by atoms with Gasteiger partial charge in [-0.15, -0.1) is 0 Å². The van der Waals surface area contributed by atoms with Crippen molar-refractivity contribution in [3.63, 3.8) is 0 Å². The molecule has 9 heteroatoms. The van der Waals surface area contributed by atoms with Crippen molar-refractivity contribution >= 4 is 28.0 Å². The van der Waals surface area contributed by atoms with Crippen LogP contribution in [0.15, 0.2) is 10.9 Å². The van der Waals surface area contributed by atoms with Crippen molar-refractivity contribution in [2.75, 3.05) is 30.0 Å². The van der Waals surface area contributed by atoms with E-state index in [1.54, 1.807) is 0 Å². The molecule has 1 aliphatic carbocycles. The lowest BCUT2D eigenvalue weighted by Gasteiger charge is -2.28. The number of ketones is 1. The molecule has 3 heterocycles. The fraction of sp³-hybridized carbons (Fsp3) is 0.583. The Balaban J connectivity index is 1.56. The molecule has 0 amide bonds. The van der Waals surface area contributed by atoms with Crippen LogP contribution in [0.2, 0.25) is 0 Å². The number of fused-ring (bicyclic) bond motifs is 2. The number of carbonyl (C=O) groups is 1. The van der Waals surface area contributed by atoms with E-state index >= 15 is 4.39 Å². The summed E-state index contributed by atoms with van der Waals surface area (Å²) in [4.78, 5) is 30.1. The van der Waals surface area contributed by atoms with Crippen LogP contribution in [-0.2, 0) is 6.54 Å². The zero-order chi connectivity index (χ0) is 23.4. The summed E-state index contributed by atoms with van der Waals surface area (Å²) in [5.41, 5.74) is 1.04. The molecule has 1 aromatic heterocycles. The molecule has 1 saturated heterocycles. The molecule has 2 fully saturated rings. The smallest absolute Gasteiger partial charge is 0.271 e. The first-order valence-electron chi connectivity index (χ1n) is 11.7. The lowest BCUT2D eigenvalue weighted by Crippen LogP contribution is -2.39. The maximum Gasteiger partial charge on any atom is 0.271 e. The number of rotatable bonds is 6. The molecule has 0 spiro atoms. The van der Waals surface area contributed by atoms with Crippen LogP contribution in [0.25, 0.3) is 0 Å². The molecule has 1 saturated carbocycles. The molecule has 2 aliphatic heterocycles. The van der Waals surface area contributed by atoms with E-state index in [0.717, 1.165) is 32.4 Å². The third-order valence-corrected chi connectivity index (χ3v) is 8.01. The molecule has 2 atom stereocenters. The van der Waals surface area contributed by atoms with Gasteiger partial charge in [0.15, 0.2) is 11.6 Å². The molecule has 0 bridgehead atoms. The Morgan fingerprint density at radius 3 is 2.67 bits per heavy atom. The van der Waals surface area contributed by atoms with Crippen molar-refractivity contribution in [3.05, 3.63) is 38.9 Å². The number of hydrogen-bond acceptors (Lipinski definition) is 7. The Kier molecular flexibility index (Phi) is 5.73. The SMILES string of the molecule is COc1c2c(cc(F)c1N1CCC(C(C)NC(C)C)C1)C(=O)c1c(s[nH]c1=O)N(C1CC1)C2. The fourth-order valence-electron chi connectivity index (χ4n) is 5.34. The molecular formula is C24H31FN4O3S. The third-order valence-electron chi connectivity index (χ3n) is 7.09. The Morgan fingerprint density at radius 1 is 1.24 bits per heavy atom. The monoisotopic (exact) mass is 474 g/mol. The van der Waals surface area contributed by atoms with Gasteiger partial charge in [-0.3, -0.25) is 14.0 Å². The third kappa shape index (κ3) is 3.85. The number of methoxy groups -OCH3 is 1. The van der Waals surface area contributed by atoms with Crippen molar-refractivity contribution in [1.29, 1.82) is 0 Å². The van der Waals surface area contributed by atoms with E-state index in [9.17, 15) is 9.59 Å². The molecule has 1 aromatic carbocycles. The molecule has 2 aromatic rings. The van der Waals surface area contributed by atoms with Gasteiger partial charge < -0.3 is 19.9 Å². The molecule has 3 aliphatic rings. The number of carbonyl (C=O) groups excluding carboxylic acids is 1. The number of nitrogens with one attached hydrogen (secondary N) is 2. The first kappa shape index (κ1) is 22.4. The first-order chi connectivity index (χ1) is 15.8. The van der Waals surface area contributed by atoms with Gasteiger partial charge in [0.25, 0.3) is 5.56 Å². The van der Waals surface area contributed by atoms with Crippen molar-refractivity contribution in [2.24, 2.45) is 5.92 Å². The van der Waals surface area contributed by atoms with Crippen LogP contribution in [0.3, 0.4) is 0 Å². The largest absolute Gasteiger partial charge is 0.494 e. The Bertz CT molecular complexity index is 1140. The zero-order valence-electron chi connectivity index (χ0n) is 19.5. The predicted molar refractivity (Wildman–Crippen MR) is 129 cm³/mol. The Hall–Kier alpha value is -2.39. The molecular weight excluding hydrogens is 443 g/mol. The molecule has 2 unspecified atom stereocenters. The van der Waals surface area contributed by atoms with Crippen LogP contribution >= 0.6 is 11.5 Å². The van der Waals surface area contributed by atoms with Gasteiger partial charge in [-0.05, 0) is 49.7 Å². The van der Waals surface area contributed by atoms with Crippen molar-refractivity contribution < 1.29 is 13.9 Å². The lowest BCUT2D eigenvalue weighted by atomic mass is 9.98. The van der Waals surface area contributed by atoms with Gasteiger partial charge in [0.2, 0.25) is 5.78 Å². The van der Waals surface area contributed by atoms with Crippen LogP contribution < -0.4 is 25.4 Å². The summed E-state index contributed by atoms with van der Waals surface area (Å²) in [5.74, 6) is -0.0909. The van der Waals surface area contributed by atoms with E-state index < -0.39 is 17.2 Å². The van der Waals surface area contributed by atoms with Crippen molar-refractivity contribution in [1.82, 2.24) is 9.69 Å². The van der Waals surface area contributed by atoms with Gasteiger partial charge in [0, 0.05) is 48.9 Å². The highest BCUT2D eigenvalue weighted by Gasteiger charge is 2.40. The van der Waals surface area contributed by atoms with Crippen molar-refractivity contribution in [3.8, 4) is 5.75 Å². The lowest BCUT2D eigenvalue weighted by molar-refractivity contribution is 0.103. The highest BCUT2D eigenvalue weighted by molar-refractivity contribution is 7.10. The van der Waals surface area contributed by atoms with Crippen LogP contribution in [0.5, 0.6) is 5.75 Å². The molecule has 7 nitrogen and oxygen atoms in total. The minimum absolute atomic E-state index is 0.120. The number of H-pyrrole nitrogens is 1. The molecule has 178 valence electrons. The summed E-state index contributed by atoms with van der Waals surface area (Å²) < 4.78 is 24.1. The predicted octanol–water partition coefficient (Wildman–Crippen LogP) is 3.51. The van der Waals surface area contributed by atoms with Crippen molar-refractivity contribution in [2.45, 2.75) is 64.7 Å². The number of aromatic amines is 1. The second kappa shape index (κ2) is 8.43. The van der Waals surface area contributed by atoms with Crippen LogP contribution in [0.4, 0.5) is 15.1 Å². The van der Waals surface area contributed by atoms with Gasteiger partial charge in [0.05, 0.1) is 7.11 Å². The maximum atomic E-state index is 15.6. The number of ether oxygens (including phenoxy) is 1. The van der Waals surface area contributed by atoms with Gasteiger partial charge in [-0.1, -0.05) is 13.8 Å². The highest BCUT2D eigenvalue weighted by atomic mass is 32.1. The van der Waals surface area contributed by atoms with E-state index in [1.165, 1.54) is 24.7 Å². The molecule has 0 radical (unpaired) electrons. The number of hydrogen-bond donors (Lipinski definition) is 2.